The second-order valence-corrected chi connectivity index (χ2v) is 6.58. The SMILES string of the molecule is CCCC1(C(=O)O)CCN(C2CCCc3occc32)CC1. The number of hydrogen-bond acceptors (Lipinski definition) is 3. The molecule has 116 valence electrons. The van der Waals surface area contributed by atoms with Crippen LogP contribution in [0.2, 0.25) is 0 Å². The van der Waals surface area contributed by atoms with Gasteiger partial charge in [-0.15, -0.1) is 0 Å². The molecule has 4 heteroatoms. The molecule has 1 aromatic rings. The van der Waals surface area contributed by atoms with Crippen LogP contribution in [0, 0.1) is 5.41 Å². The van der Waals surface area contributed by atoms with Crippen LogP contribution in [0.15, 0.2) is 16.7 Å². The van der Waals surface area contributed by atoms with Crippen LogP contribution in [-0.4, -0.2) is 29.1 Å². The van der Waals surface area contributed by atoms with Gasteiger partial charge in [0.2, 0.25) is 0 Å². The molecule has 0 saturated carbocycles. The summed E-state index contributed by atoms with van der Waals surface area (Å²) in [7, 11) is 0. The Balaban J connectivity index is 1.71. The van der Waals surface area contributed by atoms with Gasteiger partial charge in [0.1, 0.15) is 5.76 Å². The molecule has 1 fully saturated rings. The molecular formula is C17H25NO3. The summed E-state index contributed by atoms with van der Waals surface area (Å²) in [5.74, 6) is 0.534. The van der Waals surface area contributed by atoms with E-state index in [0.717, 1.165) is 51.0 Å². The molecule has 0 amide bonds. The fourth-order valence-electron chi connectivity index (χ4n) is 4.15. The van der Waals surface area contributed by atoms with E-state index in [1.165, 1.54) is 18.4 Å². The molecule has 3 rings (SSSR count). The fraction of sp³-hybridized carbons (Fsp3) is 0.706. The number of likely N-dealkylation sites (tertiary alicyclic amines) is 1. The summed E-state index contributed by atoms with van der Waals surface area (Å²) < 4.78 is 5.57. The highest BCUT2D eigenvalue weighted by Gasteiger charge is 2.42. The topological polar surface area (TPSA) is 53.7 Å². The van der Waals surface area contributed by atoms with E-state index in [0.29, 0.717) is 6.04 Å². The first kappa shape index (κ1) is 14.6. The molecule has 4 nitrogen and oxygen atoms in total. The van der Waals surface area contributed by atoms with Gasteiger partial charge in [-0.3, -0.25) is 9.69 Å². The fourth-order valence-corrected chi connectivity index (χ4v) is 4.15. The van der Waals surface area contributed by atoms with Crippen molar-refractivity contribution in [2.45, 2.75) is 57.9 Å². The average Bonchev–Trinajstić information content (AvgIpc) is 2.96. The quantitative estimate of drug-likeness (QED) is 0.920. The summed E-state index contributed by atoms with van der Waals surface area (Å²) in [6, 6.07) is 2.53. The lowest BCUT2D eigenvalue weighted by Crippen LogP contribution is -2.46. The number of carboxylic acid groups (broad SMARTS) is 1. The van der Waals surface area contributed by atoms with Gasteiger partial charge in [0.15, 0.2) is 0 Å². The Kier molecular flexibility index (Phi) is 4.07. The van der Waals surface area contributed by atoms with Gasteiger partial charge in [-0.25, -0.2) is 0 Å². The first-order valence-electron chi connectivity index (χ1n) is 8.20. The number of furan rings is 1. The van der Waals surface area contributed by atoms with Gasteiger partial charge in [0, 0.05) is 18.0 Å². The van der Waals surface area contributed by atoms with Crippen molar-refractivity contribution in [1.82, 2.24) is 4.90 Å². The number of fused-ring (bicyclic) bond motifs is 1. The smallest absolute Gasteiger partial charge is 0.309 e. The molecule has 1 N–H and O–H groups in total. The van der Waals surface area contributed by atoms with Crippen molar-refractivity contribution in [3.63, 3.8) is 0 Å². The molecule has 1 saturated heterocycles. The van der Waals surface area contributed by atoms with Gasteiger partial charge in [-0.1, -0.05) is 13.3 Å². The molecule has 1 aromatic heterocycles. The molecule has 21 heavy (non-hydrogen) atoms. The van der Waals surface area contributed by atoms with Crippen molar-refractivity contribution in [2.24, 2.45) is 5.41 Å². The molecule has 0 aromatic carbocycles. The van der Waals surface area contributed by atoms with Crippen LogP contribution in [0.4, 0.5) is 0 Å². The van der Waals surface area contributed by atoms with Gasteiger partial charge in [0.25, 0.3) is 0 Å². The lowest BCUT2D eigenvalue weighted by atomic mass is 9.74. The number of aryl methyl sites for hydroxylation is 1. The highest BCUT2D eigenvalue weighted by molar-refractivity contribution is 5.74. The third kappa shape index (κ3) is 2.61. The second-order valence-electron chi connectivity index (χ2n) is 6.58. The number of nitrogens with zero attached hydrogens (tertiary/aromatic N) is 1. The molecule has 1 atom stereocenters. The second kappa shape index (κ2) is 5.84. The first-order chi connectivity index (χ1) is 10.2. The zero-order valence-corrected chi connectivity index (χ0v) is 12.8. The average molecular weight is 291 g/mol. The van der Waals surface area contributed by atoms with Crippen LogP contribution in [0.3, 0.4) is 0 Å². The third-order valence-corrected chi connectivity index (χ3v) is 5.40. The monoisotopic (exact) mass is 291 g/mol. The Morgan fingerprint density at radius 3 is 2.90 bits per heavy atom. The van der Waals surface area contributed by atoms with E-state index in [1.807, 2.05) is 0 Å². The number of rotatable bonds is 4. The predicted molar refractivity (Wildman–Crippen MR) is 80.2 cm³/mol. The number of hydrogen-bond donors (Lipinski definition) is 1. The summed E-state index contributed by atoms with van der Waals surface area (Å²) in [4.78, 5) is 14.1. The zero-order chi connectivity index (χ0) is 14.9. The van der Waals surface area contributed by atoms with Crippen molar-refractivity contribution >= 4 is 5.97 Å². The largest absolute Gasteiger partial charge is 0.481 e. The van der Waals surface area contributed by atoms with Crippen molar-refractivity contribution in [3.05, 3.63) is 23.7 Å². The minimum atomic E-state index is -0.600. The van der Waals surface area contributed by atoms with Crippen molar-refractivity contribution < 1.29 is 14.3 Å². The molecule has 0 bridgehead atoms. The molecule has 0 spiro atoms. The van der Waals surface area contributed by atoms with E-state index in [1.54, 1.807) is 6.26 Å². The number of aliphatic carboxylic acids is 1. The normalized spacial score (nSPS) is 25.5. The van der Waals surface area contributed by atoms with Crippen molar-refractivity contribution in [3.8, 4) is 0 Å². The van der Waals surface area contributed by atoms with Gasteiger partial charge >= 0.3 is 5.97 Å². The Bertz CT molecular complexity index is 500. The minimum Gasteiger partial charge on any atom is -0.481 e. The van der Waals surface area contributed by atoms with E-state index in [2.05, 4.69) is 17.9 Å². The van der Waals surface area contributed by atoms with Crippen LogP contribution < -0.4 is 0 Å². The van der Waals surface area contributed by atoms with E-state index >= 15 is 0 Å². The summed E-state index contributed by atoms with van der Waals surface area (Å²) in [5.41, 5.74) is 0.846. The first-order valence-corrected chi connectivity index (χ1v) is 8.20. The van der Waals surface area contributed by atoms with Crippen molar-refractivity contribution in [1.29, 1.82) is 0 Å². The molecule has 2 heterocycles. The van der Waals surface area contributed by atoms with Gasteiger partial charge in [-0.05, 0) is 51.3 Å². The Labute approximate surface area is 126 Å². The molecule has 2 aliphatic rings. The third-order valence-electron chi connectivity index (χ3n) is 5.40. The van der Waals surface area contributed by atoms with Gasteiger partial charge < -0.3 is 9.52 Å². The van der Waals surface area contributed by atoms with E-state index < -0.39 is 11.4 Å². The van der Waals surface area contributed by atoms with Crippen molar-refractivity contribution in [2.75, 3.05) is 13.1 Å². The van der Waals surface area contributed by atoms with Crippen LogP contribution in [0.5, 0.6) is 0 Å². The van der Waals surface area contributed by atoms with E-state index in [9.17, 15) is 9.90 Å². The Morgan fingerprint density at radius 2 is 2.24 bits per heavy atom. The predicted octanol–water partition coefficient (Wildman–Crippen LogP) is 3.62. The highest BCUT2D eigenvalue weighted by atomic mass is 16.4. The summed E-state index contributed by atoms with van der Waals surface area (Å²) >= 11 is 0. The number of carbonyl (C=O) groups is 1. The maximum absolute atomic E-state index is 11.7. The van der Waals surface area contributed by atoms with Crippen LogP contribution >= 0.6 is 0 Å². The van der Waals surface area contributed by atoms with Crippen LogP contribution in [-0.2, 0) is 11.2 Å². The molecular weight excluding hydrogens is 266 g/mol. The van der Waals surface area contributed by atoms with Gasteiger partial charge in [-0.2, -0.15) is 0 Å². The minimum absolute atomic E-state index is 0.431. The van der Waals surface area contributed by atoms with Crippen LogP contribution in [0.1, 0.15) is 62.8 Å². The Morgan fingerprint density at radius 1 is 1.48 bits per heavy atom. The number of carboxylic acids is 1. The lowest BCUT2D eigenvalue weighted by Gasteiger charge is -2.43. The standard InChI is InChI=1S/C17H25NO3/c1-2-7-17(16(19)20)8-10-18(11-9-17)14-4-3-5-15-13(14)6-12-21-15/h6,12,14H,2-5,7-11H2,1H3,(H,19,20). The number of piperidine rings is 1. The maximum atomic E-state index is 11.7. The lowest BCUT2D eigenvalue weighted by molar-refractivity contribution is -0.153. The molecule has 1 unspecified atom stereocenters. The summed E-state index contributed by atoms with van der Waals surface area (Å²) in [5, 5.41) is 9.61. The highest BCUT2D eigenvalue weighted by Crippen LogP contribution is 2.42. The molecule has 1 aliphatic heterocycles. The zero-order valence-electron chi connectivity index (χ0n) is 12.8. The molecule has 1 aliphatic carbocycles. The molecule has 0 radical (unpaired) electrons. The Hall–Kier alpha value is -1.29. The van der Waals surface area contributed by atoms with E-state index in [4.69, 9.17) is 4.42 Å². The van der Waals surface area contributed by atoms with E-state index in [-0.39, 0.29) is 0 Å². The van der Waals surface area contributed by atoms with Crippen LogP contribution in [0.25, 0.3) is 0 Å². The maximum Gasteiger partial charge on any atom is 0.309 e. The summed E-state index contributed by atoms with van der Waals surface area (Å²) in [6.45, 7) is 3.86. The summed E-state index contributed by atoms with van der Waals surface area (Å²) in [6.07, 6.45) is 8.48. The van der Waals surface area contributed by atoms with Gasteiger partial charge in [0.05, 0.1) is 11.7 Å².